The van der Waals surface area contributed by atoms with E-state index in [4.69, 9.17) is 9.47 Å². The van der Waals surface area contributed by atoms with Crippen LogP contribution in [0.2, 0.25) is 0 Å². The second kappa shape index (κ2) is 10.1. The van der Waals surface area contributed by atoms with Gasteiger partial charge in [-0.3, -0.25) is 0 Å². The Morgan fingerprint density at radius 2 is 1.74 bits per heavy atom. The SMILES string of the molecule is CC(C)[C@@H](C)C=C[C@@H](C)[C@H]1CC[C@H]2C3=CC=C4C[C@@H](OC5CCCCO5)CC[C@]4(C)[C@H]3CC[C@]12C. The van der Waals surface area contributed by atoms with Crippen molar-refractivity contribution in [2.75, 3.05) is 6.61 Å². The predicted molar refractivity (Wildman–Crippen MR) is 146 cm³/mol. The summed E-state index contributed by atoms with van der Waals surface area (Å²) in [5, 5.41) is 0. The summed E-state index contributed by atoms with van der Waals surface area (Å²) < 4.78 is 12.4. The van der Waals surface area contributed by atoms with Crippen LogP contribution < -0.4 is 0 Å². The molecule has 4 aliphatic carbocycles. The van der Waals surface area contributed by atoms with Gasteiger partial charge < -0.3 is 9.47 Å². The molecule has 1 heterocycles. The molecule has 0 aromatic carbocycles. The summed E-state index contributed by atoms with van der Waals surface area (Å²) in [6, 6.07) is 0. The average Bonchev–Trinajstić information content (AvgIpc) is 3.20. The van der Waals surface area contributed by atoms with Gasteiger partial charge in [0.15, 0.2) is 6.29 Å². The molecule has 2 heteroatoms. The van der Waals surface area contributed by atoms with Crippen molar-refractivity contribution >= 4 is 0 Å². The van der Waals surface area contributed by atoms with Crippen molar-refractivity contribution < 1.29 is 9.47 Å². The Labute approximate surface area is 216 Å². The molecular formula is C33H52O2. The highest BCUT2D eigenvalue weighted by Crippen LogP contribution is 2.66. The monoisotopic (exact) mass is 480 g/mol. The highest BCUT2D eigenvalue weighted by molar-refractivity contribution is 5.39. The summed E-state index contributed by atoms with van der Waals surface area (Å²) in [6.07, 6.45) is 23.3. The fraction of sp³-hybridized carbons (Fsp3) is 0.818. The highest BCUT2D eigenvalue weighted by Gasteiger charge is 2.56. The molecule has 0 spiro atoms. The maximum atomic E-state index is 6.45. The molecule has 196 valence electrons. The third kappa shape index (κ3) is 4.76. The number of hydrogen-bond acceptors (Lipinski definition) is 2. The zero-order valence-electron chi connectivity index (χ0n) is 23.5. The van der Waals surface area contributed by atoms with Crippen molar-refractivity contribution in [3.63, 3.8) is 0 Å². The van der Waals surface area contributed by atoms with Crippen LogP contribution in [0.5, 0.6) is 0 Å². The molecule has 0 aromatic rings. The van der Waals surface area contributed by atoms with Crippen molar-refractivity contribution in [1.29, 1.82) is 0 Å². The molecule has 0 N–H and O–H groups in total. The van der Waals surface area contributed by atoms with E-state index in [1.165, 1.54) is 51.4 Å². The van der Waals surface area contributed by atoms with Gasteiger partial charge in [-0.25, -0.2) is 0 Å². The summed E-state index contributed by atoms with van der Waals surface area (Å²) in [5.41, 5.74) is 4.28. The van der Waals surface area contributed by atoms with E-state index in [0.29, 0.717) is 28.8 Å². The summed E-state index contributed by atoms with van der Waals surface area (Å²) in [7, 11) is 0. The van der Waals surface area contributed by atoms with Gasteiger partial charge in [0.1, 0.15) is 0 Å². The van der Waals surface area contributed by atoms with Gasteiger partial charge in [-0.1, -0.05) is 77.0 Å². The molecular weight excluding hydrogens is 428 g/mol. The molecule has 5 rings (SSSR count). The Kier molecular flexibility index (Phi) is 7.46. The van der Waals surface area contributed by atoms with E-state index in [0.717, 1.165) is 43.1 Å². The molecule has 0 bridgehead atoms. The van der Waals surface area contributed by atoms with Gasteiger partial charge >= 0.3 is 0 Å². The summed E-state index contributed by atoms with van der Waals surface area (Å²) in [4.78, 5) is 0. The molecule has 2 nitrogen and oxygen atoms in total. The average molecular weight is 481 g/mol. The Morgan fingerprint density at radius 1 is 0.914 bits per heavy atom. The third-order valence-electron chi connectivity index (χ3n) is 11.5. The molecule has 1 saturated heterocycles. The Bertz CT molecular complexity index is 845. The molecule has 3 saturated carbocycles. The van der Waals surface area contributed by atoms with E-state index in [1.54, 1.807) is 5.57 Å². The Morgan fingerprint density at radius 3 is 2.49 bits per heavy atom. The first-order valence-electron chi connectivity index (χ1n) is 15.1. The molecule has 1 aliphatic heterocycles. The van der Waals surface area contributed by atoms with Crippen molar-refractivity contribution in [2.24, 2.45) is 46.3 Å². The summed E-state index contributed by atoms with van der Waals surface area (Å²) in [6.45, 7) is 15.7. The zero-order valence-corrected chi connectivity index (χ0v) is 23.5. The van der Waals surface area contributed by atoms with Gasteiger partial charge in [0, 0.05) is 6.61 Å². The van der Waals surface area contributed by atoms with Crippen LogP contribution >= 0.6 is 0 Å². The van der Waals surface area contributed by atoms with Crippen molar-refractivity contribution in [2.45, 2.75) is 118 Å². The first kappa shape index (κ1) is 25.8. The highest BCUT2D eigenvalue weighted by atomic mass is 16.7. The van der Waals surface area contributed by atoms with Crippen LogP contribution in [0.1, 0.15) is 106 Å². The van der Waals surface area contributed by atoms with Crippen molar-refractivity contribution in [3.8, 4) is 0 Å². The first-order chi connectivity index (χ1) is 16.7. The van der Waals surface area contributed by atoms with Crippen LogP contribution in [-0.2, 0) is 9.47 Å². The number of allylic oxidation sites excluding steroid dienone is 5. The summed E-state index contributed by atoms with van der Waals surface area (Å²) >= 11 is 0. The smallest absolute Gasteiger partial charge is 0.157 e. The van der Waals surface area contributed by atoms with Gasteiger partial charge in [0.05, 0.1) is 6.10 Å². The zero-order chi connectivity index (χ0) is 24.8. The molecule has 0 amide bonds. The molecule has 1 unspecified atom stereocenters. The first-order valence-corrected chi connectivity index (χ1v) is 15.1. The van der Waals surface area contributed by atoms with Crippen LogP contribution in [0.15, 0.2) is 35.5 Å². The number of rotatable bonds is 6. The van der Waals surface area contributed by atoms with Gasteiger partial charge in [0.2, 0.25) is 0 Å². The molecule has 0 radical (unpaired) electrons. The van der Waals surface area contributed by atoms with Crippen LogP contribution in [0.4, 0.5) is 0 Å². The minimum absolute atomic E-state index is 0.0405. The van der Waals surface area contributed by atoms with E-state index in [2.05, 4.69) is 65.8 Å². The molecule has 9 atom stereocenters. The quantitative estimate of drug-likeness (QED) is 0.353. The van der Waals surface area contributed by atoms with Gasteiger partial charge in [0.25, 0.3) is 0 Å². The number of hydrogen-bond donors (Lipinski definition) is 0. The second-order valence-electron chi connectivity index (χ2n) is 13.8. The Hall–Kier alpha value is -0.860. The van der Waals surface area contributed by atoms with E-state index >= 15 is 0 Å². The topological polar surface area (TPSA) is 18.5 Å². The van der Waals surface area contributed by atoms with Crippen LogP contribution in [0.3, 0.4) is 0 Å². The largest absolute Gasteiger partial charge is 0.353 e. The van der Waals surface area contributed by atoms with Crippen molar-refractivity contribution in [1.82, 2.24) is 0 Å². The molecule has 35 heavy (non-hydrogen) atoms. The van der Waals surface area contributed by atoms with Crippen LogP contribution in [-0.4, -0.2) is 19.0 Å². The van der Waals surface area contributed by atoms with Crippen LogP contribution in [0.25, 0.3) is 0 Å². The number of fused-ring (bicyclic) bond motifs is 5. The van der Waals surface area contributed by atoms with E-state index in [1.807, 2.05) is 5.57 Å². The van der Waals surface area contributed by atoms with Gasteiger partial charge in [-0.2, -0.15) is 0 Å². The van der Waals surface area contributed by atoms with E-state index in [9.17, 15) is 0 Å². The summed E-state index contributed by atoms with van der Waals surface area (Å²) in [5.74, 6) is 4.44. The maximum Gasteiger partial charge on any atom is 0.157 e. The van der Waals surface area contributed by atoms with Gasteiger partial charge in [-0.15, -0.1) is 0 Å². The van der Waals surface area contributed by atoms with E-state index < -0.39 is 0 Å². The minimum Gasteiger partial charge on any atom is -0.353 e. The minimum atomic E-state index is 0.0405. The fourth-order valence-electron chi connectivity index (χ4n) is 8.73. The van der Waals surface area contributed by atoms with Crippen molar-refractivity contribution in [3.05, 3.63) is 35.5 Å². The maximum absolute atomic E-state index is 6.45. The number of ether oxygens (including phenoxy) is 2. The lowest BCUT2D eigenvalue weighted by atomic mass is 9.50. The predicted octanol–water partition coefficient (Wildman–Crippen LogP) is 8.88. The van der Waals surface area contributed by atoms with Gasteiger partial charge in [-0.05, 0) is 111 Å². The third-order valence-corrected chi connectivity index (χ3v) is 11.5. The lowest BCUT2D eigenvalue weighted by Crippen LogP contribution is -2.47. The lowest BCUT2D eigenvalue weighted by Gasteiger charge is -2.55. The Balaban J connectivity index is 1.30. The van der Waals surface area contributed by atoms with Crippen LogP contribution in [0, 0.1) is 46.3 Å². The standard InChI is InChI=1S/C33H52O2/c1-22(2)23(3)10-11-24(4)28-14-15-29-27-13-12-25-21-26(35-31-9-7-8-20-34-31)16-18-32(25,5)30(27)17-19-33(28,29)6/h10-13,22-24,26,28-31H,7-9,14-21H2,1-6H3/t23-,24+,26-,28+,29-,30-,31?,32-,33+/m0/s1. The fourth-order valence-corrected chi connectivity index (χ4v) is 8.73. The lowest BCUT2D eigenvalue weighted by molar-refractivity contribution is -0.193. The second-order valence-corrected chi connectivity index (χ2v) is 13.8. The normalized spacial score (nSPS) is 43.2. The van der Waals surface area contributed by atoms with E-state index in [-0.39, 0.29) is 6.29 Å². The molecule has 5 aliphatic rings. The molecule has 0 aromatic heterocycles. The molecule has 4 fully saturated rings.